The number of rotatable bonds is 3. The summed E-state index contributed by atoms with van der Waals surface area (Å²) in [5.41, 5.74) is 10.7. The fourth-order valence-electron chi connectivity index (χ4n) is 3.38. The quantitative estimate of drug-likeness (QED) is 0.412. The molecule has 3 N–H and O–H groups in total. The second-order valence-corrected chi connectivity index (χ2v) is 8.95. The summed E-state index contributed by atoms with van der Waals surface area (Å²) in [5, 5.41) is 4.35. The topological polar surface area (TPSA) is 80.9 Å². The standard InChI is InChI=1S/C25H23ClN4O/c1-25(2,3)19-7-4-15(5-8-19)23(31)29-21-12-17(11-20(26)13-21)16-6-9-22-18(10-16)14-28-24(27)30-22/h4-14H,1-3H3,(H,29,31)(H2,27,28,30). The van der Waals surface area contributed by atoms with E-state index in [2.05, 4.69) is 36.1 Å². The van der Waals surface area contributed by atoms with Crippen molar-refractivity contribution in [3.8, 4) is 11.1 Å². The Kier molecular flexibility index (Phi) is 5.38. The average Bonchev–Trinajstić information content (AvgIpc) is 2.72. The molecule has 4 rings (SSSR count). The minimum Gasteiger partial charge on any atom is -0.368 e. The lowest BCUT2D eigenvalue weighted by atomic mass is 9.87. The molecule has 156 valence electrons. The van der Waals surface area contributed by atoms with Crippen molar-refractivity contribution in [3.63, 3.8) is 0 Å². The van der Waals surface area contributed by atoms with Crippen LogP contribution in [0.2, 0.25) is 5.02 Å². The maximum Gasteiger partial charge on any atom is 0.255 e. The van der Waals surface area contributed by atoms with Crippen LogP contribution in [0.15, 0.2) is 66.9 Å². The molecule has 0 spiro atoms. The molecule has 0 saturated heterocycles. The molecule has 0 atom stereocenters. The first-order valence-electron chi connectivity index (χ1n) is 9.94. The molecule has 4 aromatic rings. The number of carbonyl (C=O) groups excluding carboxylic acids is 1. The van der Waals surface area contributed by atoms with Gasteiger partial charge in [-0.2, -0.15) is 0 Å². The average molecular weight is 431 g/mol. The Morgan fingerprint density at radius 2 is 1.71 bits per heavy atom. The summed E-state index contributed by atoms with van der Waals surface area (Å²) in [6.07, 6.45) is 1.69. The summed E-state index contributed by atoms with van der Waals surface area (Å²) < 4.78 is 0. The summed E-state index contributed by atoms with van der Waals surface area (Å²) in [7, 11) is 0. The molecule has 0 bridgehead atoms. The minimum atomic E-state index is -0.184. The normalized spacial score (nSPS) is 11.5. The molecule has 0 aliphatic carbocycles. The lowest BCUT2D eigenvalue weighted by molar-refractivity contribution is 0.102. The molecule has 0 fully saturated rings. The molecule has 0 aliphatic heterocycles. The van der Waals surface area contributed by atoms with Crippen molar-refractivity contribution in [2.45, 2.75) is 26.2 Å². The van der Waals surface area contributed by atoms with Crippen molar-refractivity contribution in [1.82, 2.24) is 9.97 Å². The van der Waals surface area contributed by atoms with Gasteiger partial charge >= 0.3 is 0 Å². The van der Waals surface area contributed by atoms with Crippen LogP contribution in [0.4, 0.5) is 11.6 Å². The summed E-state index contributed by atoms with van der Waals surface area (Å²) >= 11 is 6.35. The Morgan fingerprint density at radius 1 is 0.968 bits per heavy atom. The molecule has 0 saturated carbocycles. The molecular formula is C25H23ClN4O. The Hall–Kier alpha value is -3.44. The van der Waals surface area contributed by atoms with Crippen LogP contribution in [0, 0.1) is 0 Å². The third-order valence-corrected chi connectivity index (χ3v) is 5.32. The van der Waals surface area contributed by atoms with E-state index in [-0.39, 0.29) is 17.3 Å². The van der Waals surface area contributed by atoms with Gasteiger partial charge in [-0.25, -0.2) is 9.97 Å². The van der Waals surface area contributed by atoms with E-state index in [1.54, 1.807) is 12.3 Å². The zero-order valence-electron chi connectivity index (χ0n) is 17.6. The van der Waals surface area contributed by atoms with Gasteiger partial charge in [-0.3, -0.25) is 4.79 Å². The van der Waals surface area contributed by atoms with Crippen molar-refractivity contribution in [2.24, 2.45) is 0 Å². The number of aromatic nitrogens is 2. The fraction of sp³-hybridized carbons (Fsp3) is 0.160. The van der Waals surface area contributed by atoms with Crippen LogP contribution < -0.4 is 11.1 Å². The predicted molar refractivity (Wildman–Crippen MR) is 127 cm³/mol. The first-order valence-corrected chi connectivity index (χ1v) is 10.3. The van der Waals surface area contributed by atoms with Crippen molar-refractivity contribution in [1.29, 1.82) is 0 Å². The number of nitrogens with zero attached hydrogens (tertiary/aromatic N) is 2. The molecule has 0 aliphatic rings. The van der Waals surface area contributed by atoms with Gasteiger partial charge in [0.25, 0.3) is 5.91 Å². The highest BCUT2D eigenvalue weighted by molar-refractivity contribution is 6.31. The van der Waals surface area contributed by atoms with E-state index in [1.165, 1.54) is 5.56 Å². The molecule has 1 amide bonds. The Balaban J connectivity index is 1.61. The van der Waals surface area contributed by atoms with E-state index < -0.39 is 0 Å². The molecule has 0 radical (unpaired) electrons. The highest BCUT2D eigenvalue weighted by atomic mass is 35.5. The van der Waals surface area contributed by atoms with Gasteiger partial charge in [0, 0.05) is 27.9 Å². The second-order valence-electron chi connectivity index (χ2n) is 8.51. The number of hydrogen-bond acceptors (Lipinski definition) is 4. The lowest BCUT2D eigenvalue weighted by Gasteiger charge is -2.19. The maximum atomic E-state index is 12.8. The Bertz CT molecular complexity index is 1280. The van der Waals surface area contributed by atoms with Crippen molar-refractivity contribution in [2.75, 3.05) is 11.1 Å². The van der Waals surface area contributed by atoms with Gasteiger partial charge in [-0.05, 0) is 64.6 Å². The van der Waals surface area contributed by atoms with E-state index in [0.29, 0.717) is 16.3 Å². The smallest absolute Gasteiger partial charge is 0.255 e. The molecule has 5 nitrogen and oxygen atoms in total. The number of nitrogens with one attached hydrogen (secondary N) is 1. The van der Waals surface area contributed by atoms with Gasteiger partial charge in [-0.15, -0.1) is 0 Å². The van der Waals surface area contributed by atoms with Gasteiger partial charge in [0.05, 0.1) is 5.52 Å². The molecular weight excluding hydrogens is 408 g/mol. The monoisotopic (exact) mass is 430 g/mol. The molecule has 31 heavy (non-hydrogen) atoms. The van der Waals surface area contributed by atoms with Crippen molar-refractivity contribution < 1.29 is 4.79 Å². The van der Waals surface area contributed by atoms with E-state index >= 15 is 0 Å². The first kappa shape index (κ1) is 20.8. The summed E-state index contributed by atoms with van der Waals surface area (Å²) in [5.74, 6) is 0.0552. The fourth-order valence-corrected chi connectivity index (χ4v) is 3.62. The van der Waals surface area contributed by atoms with Crippen molar-refractivity contribution in [3.05, 3.63) is 83.0 Å². The highest BCUT2D eigenvalue weighted by Crippen LogP contribution is 2.30. The molecule has 3 aromatic carbocycles. The lowest BCUT2D eigenvalue weighted by Crippen LogP contribution is -2.14. The van der Waals surface area contributed by atoms with Gasteiger partial charge in [0.1, 0.15) is 0 Å². The largest absolute Gasteiger partial charge is 0.368 e. The zero-order valence-corrected chi connectivity index (χ0v) is 18.4. The summed E-state index contributed by atoms with van der Waals surface area (Å²) in [4.78, 5) is 21.0. The maximum absolute atomic E-state index is 12.8. The van der Waals surface area contributed by atoms with Crippen LogP contribution in [0.1, 0.15) is 36.7 Å². The molecule has 6 heteroatoms. The van der Waals surface area contributed by atoms with E-state index in [4.69, 9.17) is 17.3 Å². The number of halogens is 1. The first-order chi connectivity index (χ1) is 14.7. The molecule has 0 unspecified atom stereocenters. The van der Waals surface area contributed by atoms with Crippen LogP contribution in [-0.2, 0) is 5.41 Å². The van der Waals surface area contributed by atoms with E-state index in [1.807, 2.05) is 54.6 Å². The number of nitrogen functional groups attached to an aromatic ring is 1. The number of amides is 1. The Morgan fingerprint density at radius 3 is 2.42 bits per heavy atom. The number of carbonyl (C=O) groups is 1. The van der Waals surface area contributed by atoms with E-state index in [0.717, 1.165) is 22.0 Å². The third-order valence-electron chi connectivity index (χ3n) is 5.10. The zero-order chi connectivity index (χ0) is 22.2. The van der Waals surface area contributed by atoms with Gasteiger partial charge in [-0.1, -0.05) is 50.6 Å². The van der Waals surface area contributed by atoms with Gasteiger partial charge < -0.3 is 11.1 Å². The number of nitrogens with two attached hydrogens (primary N) is 1. The number of anilines is 2. The Labute approximate surface area is 186 Å². The van der Waals surface area contributed by atoms with Crippen LogP contribution in [0.5, 0.6) is 0 Å². The predicted octanol–water partition coefficient (Wildman–Crippen LogP) is 6.08. The second kappa shape index (κ2) is 8.00. The molecule has 1 heterocycles. The summed E-state index contributed by atoms with van der Waals surface area (Å²) in [6.45, 7) is 6.43. The number of fused-ring (bicyclic) bond motifs is 1. The minimum absolute atomic E-state index is 0.0352. The summed E-state index contributed by atoms with van der Waals surface area (Å²) in [6, 6.07) is 18.9. The van der Waals surface area contributed by atoms with E-state index in [9.17, 15) is 4.79 Å². The third kappa shape index (κ3) is 4.67. The van der Waals surface area contributed by atoms with Crippen LogP contribution in [-0.4, -0.2) is 15.9 Å². The van der Waals surface area contributed by atoms with Crippen molar-refractivity contribution >= 4 is 40.0 Å². The van der Waals surface area contributed by atoms with Crippen LogP contribution in [0.25, 0.3) is 22.0 Å². The van der Waals surface area contributed by atoms with Crippen LogP contribution in [0.3, 0.4) is 0 Å². The van der Waals surface area contributed by atoms with Gasteiger partial charge in [0.15, 0.2) is 0 Å². The number of benzene rings is 3. The van der Waals surface area contributed by atoms with Gasteiger partial charge in [0.2, 0.25) is 5.95 Å². The number of hydrogen-bond donors (Lipinski definition) is 2. The molecule has 1 aromatic heterocycles. The van der Waals surface area contributed by atoms with Crippen LogP contribution >= 0.6 is 11.6 Å². The SMILES string of the molecule is CC(C)(C)c1ccc(C(=O)Nc2cc(Cl)cc(-c3ccc4nc(N)ncc4c3)c2)cc1. The highest BCUT2D eigenvalue weighted by Gasteiger charge is 2.15.